The number of amides is 1. The van der Waals surface area contributed by atoms with Gasteiger partial charge in [0.15, 0.2) is 6.54 Å². The van der Waals surface area contributed by atoms with Crippen molar-refractivity contribution in [3.8, 4) is 0 Å². The average molecular weight is 332 g/mol. The number of nitrogens with one attached hydrogen (secondary N) is 2. The van der Waals surface area contributed by atoms with Gasteiger partial charge >= 0.3 is 0 Å². The van der Waals surface area contributed by atoms with Crippen molar-refractivity contribution in [3.05, 3.63) is 56.8 Å². The minimum atomic E-state index is -0.453. The summed E-state index contributed by atoms with van der Waals surface area (Å²) >= 11 is 1.74. The maximum absolute atomic E-state index is 12.2. The first kappa shape index (κ1) is 15.6. The lowest BCUT2D eigenvalue weighted by Gasteiger charge is -2.20. The van der Waals surface area contributed by atoms with Gasteiger partial charge in [-0.25, -0.2) is 0 Å². The standard InChI is InChI=1S/C16H17N3O3S/c20-16(17-12-5-7-13(8-6-12)19(21)22)11-18-9-1-3-14(18)15-4-2-10-23-15/h2,4-8,10,14H,1,3,9,11H2,(H,17,20)/p+1/t14-/m1/s1. The number of benzene rings is 1. The molecule has 1 aliphatic heterocycles. The van der Waals surface area contributed by atoms with Crippen molar-refractivity contribution in [3.63, 3.8) is 0 Å². The summed E-state index contributed by atoms with van der Waals surface area (Å²) in [6.07, 6.45) is 2.24. The highest BCUT2D eigenvalue weighted by Gasteiger charge is 2.32. The highest BCUT2D eigenvalue weighted by Crippen LogP contribution is 2.23. The first-order valence-corrected chi connectivity index (χ1v) is 8.44. The molecule has 2 N–H and O–H groups in total. The summed E-state index contributed by atoms with van der Waals surface area (Å²) in [7, 11) is 0. The summed E-state index contributed by atoms with van der Waals surface area (Å²) in [6.45, 7) is 1.41. The number of rotatable bonds is 5. The van der Waals surface area contributed by atoms with Gasteiger partial charge in [0.2, 0.25) is 0 Å². The molecule has 1 fully saturated rings. The van der Waals surface area contributed by atoms with E-state index in [1.165, 1.54) is 21.9 Å². The Bertz CT molecular complexity index is 685. The number of carbonyl (C=O) groups is 1. The number of hydrogen-bond acceptors (Lipinski definition) is 4. The van der Waals surface area contributed by atoms with E-state index in [2.05, 4.69) is 16.8 Å². The van der Waals surface area contributed by atoms with E-state index in [0.29, 0.717) is 18.3 Å². The topological polar surface area (TPSA) is 76.7 Å². The third kappa shape index (κ3) is 3.75. The number of quaternary nitrogens is 1. The molecular formula is C16H18N3O3S+. The molecule has 1 amide bonds. The van der Waals surface area contributed by atoms with Crippen molar-refractivity contribution in [2.24, 2.45) is 0 Å². The summed E-state index contributed by atoms with van der Waals surface area (Å²) in [6, 6.07) is 10.5. The Balaban J connectivity index is 1.59. The molecule has 7 heteroatoms. The summed E-state index contributed by atoms with van der Waals surface area (Å²) < 4.78 is 0. The van der Waals surface area contributed by atoms with Gasteiger partial charge in [0.1, 0.15) is 6.04 Å². The summed E-state index contributed by atoms with van der Waals surface area (Å²) in [5, 5.41) is 15.5. The van der Waals surface area contributed by atoms with Crippen molar-refractivity contribution in [2.75, 3.05) is 18.4 Å². The molecule has 0 saturated carbocycles. The zero-order valence-corrected chi connectivity index (χ0v) is 13.3. The van der Waals surface area contributed by atoms with Crippen LogP contribution >= 0.6 is 11.3 Å². The molecule has 1 saturated heterocycles. The van der Waals surface area contributed by atoms with Gasteiger partial charge in [-0.2, -0.15) is 0 Å². The lowest BCUT2D eigenvalue weighted by molar-refractivity contribution is -0.910. The second-order valence-electron chi connectivity index (χ2n) is 5.65. The second-order valence-corrected chi connectivity index (χ2v) is 6.63. The van der Waals surface area contributed by atoms with E-state index in [1.54, 1.807) is 23.5 Å². The molecule has 0 radical (unpaired) electrons. The van der Waals surface area contributed by atoms with Crippen molar-refractivity contribution in [1.82, 2.24) is 0 Å². The fourth-order valence-corrected chi connectivity index (χ4v) is 3.95. The van der Waals surface area contributed by atoms with Gasteiger partial charge in [0, 0.05) is 30.7 Å². The van der Waals surface area contributed by atoms with Gasteiger partial charge in [-0.15, -0.1) is 11.3 Å². The Kier molecular flexibility index (Phi) is 4.68. The fraction of sp³-hybridized carbons (Fsp3) is 0.312. The van der Waals surface area contributed by atoms with Gasteiger partial charge in [-0.05, 0) is 23.6 Å². The normalized spacial score (nSPS) is 20.3. The molecule has 3 rings (SSSR count). The highest BCUT2D eigenvalue weighted by atomic mass is 32.1. The van der Waals surface area contributed by atoms with Gasteiger partial charge in [-0.1, -0.05) is 6.07 Å². The van der Waals surface area contributed by atoms with Crippen LogP contribution in [0.4, 0.5) is 11.4 Å². The molecule has 2 atom stereocenters. The quantitative estimate of drug-likeness (QED) is 0.649. The predicted octanol–water partition coefficient (Wildman–Crippen LogP) is 2.01. The number of carbonyl (C=O) groups excluding carboxylic acids is 1. The number of nitro groups is 1. The molecule has 1 aromatic carbocycles. The van der Waals surface area contributed by atoms with Crippen LogP contribution in [0.1, 0.15) is 23.8 Å². The fourth-order valence-electron chi connectivity index (χ4n) is 3.03. The third-order valence-corrected chi connectivity index (χ3v) is 5.11. The Morgan fingerprint density at radius 3 is 2.78 bits per heavy atom. The van der Waals surface area contributed by atoms with E-state index in [-0.39, 0.29) is 11.6 Å². The summed E-state index contributed by atoms with van der Waals surface area (Å²) in [5.41, 5.74) is 0.609. The molecule has 23 heavy (non-hydrogen) atoms. The zero-order chi connectivity index (χ0) is 16.2. The molecule has 1 aromatic heterocycles. The largest absolute Gasteiger partial charge is 0.321 e. The molecule has 0 spiro atoms. The maximum atomic E-state index is 12.2. The summed E-state index contributed by atoms with van der Waals surface area (Å²) in [5.74, 6) is -0.0580. The Labute approximate surface area is 137 Å². The molecule has 120 valence electrons. The average Bonchev–Trinajstić information content (AvgIpc) is 3.18. The van der Waals surface area contributed by atoms with Gasteiger partial charge < -0.3 is 10.2 Å². The molecule has 1 aliphatic rings. The zero-order valence-electron chi connectivity index (χ0n) is 12.5. The van der Waals surface area contributed by atoms with Crippen LogP contribution in [0.5, 0.6) is 0 Å². The summed E-state index contributed by atoms with van der Waals surface area (Å²) in [4.78, 5) is 25.0. The van der Waals surface area contributed by atoms with Crippen molar-refractivity contribution in [1.29, 1.82) is 0 Å². The van der Waals surface area contributed by atoms with E-state index in [0.717, 1.165) is 19.4 Å². The minimum Gasteiger partial charge on any atom is -0.321 e. The molecule has 2 aromatic rings. The molecule has 1 unspecified atom stereocenters. The number of hydrogen-bond donors (Lipinski definition) is 2. The first-order valence-electron chi connectivity index (χ1n) is 7.56. The number of likely N-dealkylation sites (tertiary alicyclic amines) is 1. The SMILES string of the molecule is O=C(C[NH+]1CCC[C@@H]1c1cccs1)Nc1ccc([N+](=O)[O-])cc1. The number of nitrogens with zero attached hydrogens (tertiary/aromatic N) is 1. The predicted molar refractivity (Wildman–Crippen MR) is 88.7 cm³/mol. The van der Waals surface area contributed by atoms with E-state index < -0.39 is 4.92 Å². The van der Waals surface area contributed by atoms with E-state index in [9.17, 15) is 14.9 Å². The van der Waals surface area contributed by atoms with E-state index in [1.807, 2.05) is 6.07 Å². The van der Waals surface area contributed by atoms with Gasteiger partial charge in [0.25, 0.3) is 11.6 Å². The van der Waals surface area contributed by atoms with Gasteiger partial charge in [0.05, 0.1) is 16.3 Å². The van der Waals surface area contributed by atoms with Gasteiger partial charge in [-0.3, -0.25) is 14.9 Å². The lowest BCUT2D eigenvalue weighted by Crippen LogP contribution is -3.11. The first-order chi connectivity index (χ1) is 11.1. The maximum Gasteiger partial charge on any atom is 0.279 e. The van der Waals surface area contributed by atoms with Crippen molar-refractivity contribution < 1.29 is 14.6 Å². The highest BCUT2D eigenvalue weighted by molar-refractivity contribution is 7.10. The Morgan fingerprint density at radius 2 is 2.13 bits per heavy atom. The van der Waals surface area contributed by atoms with Crippen LogP contribution in [0.3, 0.4) is 0 Å². The van der Waals surface area contributed by atoms with E-state index in [4.69, 9.17) is 0 Å². The number of anilines is 1. The van der Waals surface area contributed by atoms with Crippen LogP contribution in [0.25, 0.3) is 0 Å². The molecule has 0 bridgehead atoms. The monoisotopic (exact) mass is 332 g/mol. The molecular weight excluding hydrogens is 314 g/mol. The van der Waals surface area contributed by atoms with Crippen LogP contribution < -0.4 is 10.2 Å². The number of non-ortho nitro benzene ring substituents is 1. The van der Waals surface area contributed by atoms with E-state index >= 15 is 0 Å². The molecule has 0 aliphatic carbocycles. The smallest absolute Gasteiger partial charge is 0.279 e. The molecule has 2 heterocycles. The number of nitro benzene ring substituents is 1. The third-order valence-electron chi connectivity index (χ3n) is 4.12. The number of thiophene rings is 1. The second kappa shape index (κ2) is 6.89. The lowest BCUT2D eigenvalue weighted by atomic mass is 10.2. The molecule has 6 nitrogen and oxygen atoms in total. The van der Waals surface area contributed by atoms with Crippen LogP contribution in [0.2, 0.25) is 0 Å². The van der Waals surface area contributed by atoms with Crippen LogP contribution in [0, 0.1) is 10.1 Å². The minimum absolute atomic E-state index is 0.0194. The van der Waals surface area contributed by atoms with Crippen molar-refractivity contribution >= 4 is 28.6 Å². The van der Waals surface area contributed by atoms with Crippen LogP contribution in [-0.4, -0.2) is 23.9 Å². The Hall–Kier alpha value is -2.25. The van der Waals surface area contributed by atoms with Crippen molar-refractivity contribution in [2.45, 2.75) is 18.9 Å². The Morgan fingerprint density at radius 1 is 1.35 bits per heavy atom. The van der Waals surface area contributed by atoms with Crippen LogP contribution in [-0.2, 0) is 4.79 Å². The van der Waals surface area contributed by atoms with Crippen LogP contribution in [0.15, 0.2) is 41.8 Å².